The molecule has 0 radical (unpaired) electrons. The van der Waals surface area contributed by atoms with Crippen LogP contribution in [0.2, 0.25) is 5.15 Å². The summed E-state index contributed by atoms with van der Waals surface area (Å²) in [6.45, 7) is 0. The molecule has 1 N–H and O–H groups in total. The molecule has 0 fully saturated rings. The smallest absolute Gasteiger partial charge is 0.188 e. The SMILES string of the molecule is COc1cc(Nc2nc(Cl)cs2)c(Br)cc1Br. The minimum atomic E-state index is 0.484. The summed E-state index contributed by atoms with van der Waals surface area (Å²) in [6, 6.07) is 3.79. The molecule has 3 nitrogen and oxygen atoms in total. The van der Waals surface area contributed by atoms with Crippen LogP contribution in [0, 0.1) is 0 Å². The predicted octanol–water partition coefficient (Wildman–Crippen LogP) is 5.07. The lowest BCUT2D eigenvalue weighted by Crippen LogP contribution is -1.93. The van der Waals surface area contributed by atoms with Gasteiger partial charge in [0, 0.05) is 15.9 Å². The number of methoxy groups -OCH3 is 1. The van der Waals surface area contributed by atoms with E-state index < -0.39 is 0 Å². The molecule has 7 heteroatoms. The molecule has 17 heavy (non-hydrogen) atoms. The van der Waals surface area contributed by atoms with Crippen molar-refractivity contribution in [1.29, 1.82) is 0 Å². The highest BCUT2D eigenvalue weighted by Crippen LogP contribution is 2.36. The molecule has 0 spiro atoms. The largest absolute Gasteiger partial charge is 0.495 e. The highest BCUT2D eigenvalue weighted by atomic mass is 79.9. The third-order valence-electron chi connectivity index (χ3n) is 1.96. The lowest BCUT2D eigenvalue weighted by molar-refractivity contribution is 0.412. The van der Waals surface area contributed by atoms with Crippen molar-refractivity contribution >= 4 is 65.6 Å². The van der Waals surface area contributed by atoms with Gasteiger partial charge in [-0.25, -0.2) is 4.98 Å². The van der Waals surface area contributed by atoms with Crippen molar-refractivity contribution in [2.75, 3.05) is 12.4 Å². The van der Waals surface area contributed by atoms with E-state index in [9.17, 15) is 0 Å². The Morgan fingerprint density at radius 1 is 1.35 bits per heavy atom. The van der Waals surface area contributed by atoms with Gasteiger partial charge in [0.15, 0.2) is 5.13 Å². The van der Waals surface area contributed by atoms with Gasteiger partial charge < -0.3 is 10.1 Å². The molecule has 90 valence electrons. The molecule has 0 amide bonds. The van der Waals surface area contributed by atoms with Gasteiger partial charge >= 0.3 is 0 Å². The van der Waals surface area contributed by atoms with Gasteiger partial charge in [-0.3, -0.25) is 0 Å². The van der Waals surface area contributed by atoms with Crippen LogP contribution in [0.5, 0.6) is 5.75 Å². The quantitative estimate of drug-likeness (QED) is 0.783. The summed E-state index contributed by atoms with van der Waals surface area (Å²) in [5.74, 6) is 0.748. The first-order valence-electron chi connectivity index (χ1n) is 4.51. The maximum absolute atomic E-state index is 5.77. The van der Waals surface area contributed by atoms with Crippen molar-refractivity contribution < 1.29 is 4.74 Å². The first-order valence-corrected chi connectivity index (χ1v) is 7.35. The number of rotatable bonds is 3. The average molecular weight is 399 g/mol. The first-order chi connectivity index (χ1) is 8.10. The molecule has 0 aliphatic heterocycles. The Morgan fingerprint density at radius 3 is 2.71 bits per heavy atom. The number of hydrogen-bond acceptors (Lipinski definition) is 4. The van der Waals surface area contributed by atoms with E-state index in [4.69, 9.17) is 16.3 Å². The van der Waals surface area contributed by atoms with Crippen molar-refractivity contribution in [1.82, 2.24) is 4.98 Å². The Morgan fingerprint density at radius 2 is 2.12 bits per heavy atom. The molecule has 1 aromatic heterocycles. The van der Waals surface area contributed by atoms with Gasteiger partial charge in [0.1, 0.15) is 10.9 Å². The number of benzene rings is 1. The number of nitrogens with zero attached hydrogens (tertiary/aromatic N) is 1. The van der Waals surface area contributed by atoms with E-state index in [-0.39, 0.29) is 0 Å². The highest BCUT2D eigenvalue weighted by Gasteiger charge is 2.09. The summed E-state index contributed by atoms with van der Waals surface area (Å²) in [5, 5.41) is 6.16. The number of aromatic nitrogens is 1. The minimum Gasteiger partial charge on any atom is -0.495 e. The lowest BCUT2D eigenvalue weighted by atomic mass is 10.3. The molecule has 0 saturated heterocycles. The Hall–Kier alpha value is -0.300. The molecule has 2 rings (SSSR count). The van der Waals surface area contributed by atoms with E-state index >= 15 is 0 Å². The van der Waals surface area contributed by atoms with Gasteiger partial charge in [0.2, 0.25) is 0 Å². The fourth-order valence-electron chi connectivity index (χ4n) is 1.21. The zero-order chi connectivity index (χ0) is 12.4. The van der Waals surface area contributed by atoms with Gasteiger partial charge in [-0.05, 0) is 37.9 Å². The molecule has 0 aliphatic carbocycles. The number of ether oxygens (including phenoxy) is 1. The monoisotopic (exact) mass is 396 g/mol. The van der Waals surface area contributed by atoms with Crippen LogP contribution < -0.4 is 10.1 Å². The molecule has 1 aromatic carbocycles. The number of nitrogens with one attached hydrogen (secondary N) is 1. The number of anilines is 2. The van der Waals surface area contributed by atoms with Crippen molar-refractivity contribution in [2.45, 2.75) is 0 Å². The van der Waals surface area contributed by atoms with Gasteiger partial charge in [-0.2, -0.15) is 0 Å². The van der Waals surface area contributed by atoms with Crippen molar-refractivity contribution in [3.05, 3.63) is 31.6 Å². The van der Waals surface area contributed by atoms with E-state index in [1.54, 1.807) is 12.5 Å². The zero-order valence-electron chi connectivity index (χ0n) is 8.63. The molecule has 0 aliphatic rings. The second-order valence-electron chi connectivity index (χ2n) is 3.07. The summed E-state index contributed by atoms with van der Waals surface area (Å²) in [7, 11) is 1.62. The first kappa shape index (κ1) is 13.1. The van der Waals surface area contributed by atoms with Crippen molar-refractivity contribution in [2.24, 2.45) is 0 Å². The summed E-state index contributed by atoms with van der Waals surface area (Å²) in [6.07, 6.45) is 0. The van der Waals surface area contributed by atoms with Gasteiger partial charge in [0.25, 0.3) is 0 Å². The van der Waals surface area contributed by atoms with Crippen molar-refractivity contribution in [3.63, 3.8) is 0 Å². The standard InChI is InChI=1S/C10H7Br2ClN2OS/c1-16-8-3-7(5(11)2-6(8)12)14-10-15-9(13)4-17-10/h2-4H,1H3,(H,14,15). The molecule has 2 aromatic rings. The van der Waals surface area contributed by atoms with E-state index in [1.165, 1.54) is 11.3 Å². The fourth-order valence-corrected chi connectivity index (χ4v) is 3.31. The fraction of sp³-hybridized carbons (Fsp3) is 0.100. The maximum atomic E-state index is 5.77. The van der Waals surface area contributed by atoms with Crippen LogP contribution in [0.4, 0.5) is 10.8 Å². The van der Waals surface area contributed by atoms with Gasteiger partial charge in [0.05, 0.1) is 17.3 Å². The third kappa shape index (κ3) is 3.13. The van der Waals surface area contributed by atoms with Gasteiger partial charge in [-0.15, -0.1) is 11.3 Å². The molecule has 0 saturated carbocycles. The zero-order valence-corrected chi connectivity index (χ0v) is 13.4. The van der Waals surface area contributed by atoms with Crippen LogP contribution >= 0.6 is 54.8 Å². The molecular weight excluding hydrogens is 391 g/mol. The molecule has 0 unspecified atom stereocenters. The van der Waals surface area contributed by atoms with Crippen molar-refractivity contribution in [3.8, 4) is 5.75 Å². The maximum Gasteiger partial charge on any atom is 0.188 e. The number of halogens is 3. The Kier molecular flexibility index (Phi) is 4.30. The lowest BCUT2D eigenvalue weighted by Gasteiger charge is -2.09. The summed E-state index contributed by atoms with van der Waals surface area (Å²) in [5.41, 5.74) is 0.871. The number of thiazole rings is 1. The molecule has 0 atom stereocenters. The predicted molar refractivity (Wildman–Crippen MR) is 78.8 cm³/mol. The highest BCUT2D eigenvalue weighted by molar-refractivity contribution is 9.11. The minimum absolute atomic E-state index is 0.484. The van der Waals surface area contributed by atoms with Crippen LogP contribution in [-0.4, -0.2) is 12.1 Å². The second-order valence-corrected chi connectivity index (χ2v) is 6.02. The molecule has 0 bridgehead atoms. The third-order valence-corrected chi connectivity index (χ3v) is 4.32. The van der Waals surface area contributed by atoms with Gasteiger partial charge in [-0.1, -0.05) is 11.6 Å². The Labute approximate surface area is 124 Å². The summed E-state index contributed by atoms with van der Waals surface area (Å²) in [4.78, 5) is 4.12. The van der Waals surface area contributed by atoms with Crippen LogP contribution in [0.1, 0.15) is 0 Å². The van der Waals surface area contributed by atoms with Crippen LogP contribution in [0.15, 0.2) is 26.5 Å². The van der Waals surface area contributed by atoms with Crippen LogP contribution in [0.3, 0.4) is 0 Å². The average Bonchev–Trinajstić information content (AvgIpc) is 2.68. The summed E-state index contributed by atoms with van der Waals surface area (Å²) < 4.78 is 7.03. The van der Waals surface area contributed by atoms with E-state index in [0.717, 1.165) is 25.5 Å². The molecular formula is C10H7Br2ClN2OS. The Balaban J connectivity index is 2.32. The second kappa shape index (κ2) is 5.56. The van der Waals surface area contributed by atoms with Crippen LogP contribution in [0.25, 0.3) is 0 Å². The van der Waals surface area contributed by atoms with Crippen LogP contribution in [-0.2, 0) is 0 Å². The number of hydrogen-bond donors (Lipinski definition) is 1. The Bertz CT molecular complexity index is 547. The van der Waals surface area contributed by atoms with E-state index in [0.29, 0.717) is 5.15 Å². The summed E-state index contributed by atoms with van der Waals surface area (Å²) >= 11 is 14.1. The molecule has 1 heterocycles. The van der Waals surface area contributed by atoms with E-state index in [1.807, 2.05) is 12.1 Å². The van der Waals surface area contributed by atoms with E-state index in [2.05, 4.69) is 42.2 Å². The normalized spacial score (nSPS) is 10.4. The topological polar surface area (TPSA) is 34.1 Å².